The molecule has 2 nitrogen and oxygen atoms in total. The van der Waals surface area contributed by atoms with Crippen LogP contribution in [-0.4, -0.2) is 25.3 Å². The molecule has 1 aliphatic heterocycles. The van der Waals surface area contributed by atoms with Gasteiger partial charge in [-0.05, 0) is 18.4 Å². The van der Waals surface area contributed by atoms with Crippen molar-refractivity contribution in [3.8, 4) is 0 Å². The third-order valence-corrected chi connectivity index (χ3v) is 1.71. The summed E-state index contributed by atoms with van der Waals surface area (Å²) in [4.78, 5) is 4.51. The van der Waals surface area contributed by atoms with E-state index >= 15 is 0 Å². The highest BCUT2D eigenvalue weighted by atomic mass is 15.0. The van der Waals surface area contributed by atoms with Crippen LogP contribution < -0.4 is 5.32 Å². The molecule has 0 saturated carbocycles. The summed E-state index contributed by atoms with van der Waals surface area (Å²) in [6.45, 7) is 8.73. The summed E-state index contributed by atoms with van der Waals surface area (Å²) in [5, 5.41) is 3.29. The van der Waals surface area contributed by atoms with Gasteiger partial charge in [0.25, 0.3) is 0 Å². The molecule has 0 bridgehead atoms. The lowest BCUT2D eigenvalue weighted by Gasteiger charge is -2.11. The highest BCUT2D eigenvalue weighted by molar-refractivity contribution is 5.64. The Morgan fingerprint density at radius 1 is 1.45 bits per heavy atom. The Hall–Kier alpha value is -0.370. The van der Waals surface area contributed by atoms with Crippen molar-refractivity contribution < 1.29 is 0 Å². The topological polar surface area (TPSA) is 24.4 Å². The van der Waals surface area contributed by atoms with Crippen LogP contribution in [0.4, 0.5) is 0 Å². The molecule has 1 fully saturated rings. The van der Waals surface area contributed by atoms with E-state index in [1.54, 1.807) is 0 Å². The largest absolute Gasteiger partial charge is 0.315 e. The smallest absolute Gasteiger partial charge is 0.0632 e. The van der Waals surface area contributed by atoms with E-state index in [0.717, 1.165) is 13.1 Å². The first-order chi connectivity index (χ1) is 5.08. The van der Waals surface area contributed by atoms with Gasteiger partial charge in [-0.15, -0.1) is 0 Å². The first kappa shape index (κ1) is 8.72. The maximum absolute atomic E-state index is 4.51. The standard InChI is InChI=1S/C9H18N2/c1-9(2,3)7-11-8-4-5-10-6-8/h7-8,10H,4-6H2,1-3H3/b11-7+. The minimum absolute atomic E-state index is 0.239. The predicted molar refractivity (Wildman–Crippen MR) is 49.2 cm³/mol. The van der Waals surface area contributed by atoms with Gasteiger partial charge in [0.05, 0.1) is 6.04 Å². The molecule has 0 aromatic rings. The third-order valence-electron chi connectivity index (χ3n) is 1.71. The average molecular weight is 154 g/mol. The molecular formula is C9H18N2. The second-order valence-electron chi connectivity index (χ2n) is 4.29. The number of aliphatic imine (C=N–C) groups is 1. The molecule has 1 heterocycles. The zero-order chi connectivity index (χ0) is 8.32. The molecule has 1 saturated heterocycles. The lowest BCUT2D eigenvalue weighted by molar-refractivity contribution is 0.596. The highest BCUT2D eigenvalue weighted by Gasteiger charge is 2.13. The zero-order valence-electron chi connectivity index (χ0n) is 7.72. The fourth-order valence-electron chi connectivity index (χ4n) is 1.10. The van der Waals surface area contributed by atoms with Gasteiger partial charge in [-0.25, -0.2) is 0 Å². The predicted octanol–water partition coefficient (Wildman–Crippen LogP) is 1.47. The summed E-state index contributed by atoms with van der Waals surface area (Å²) < 4.78 is 0. The Morgan fingerprint density at radius 2 is 2.18 bits per heavy atom. The van der Waals surface area contributed by atoms with Gasteiger partial charge in [0.2, 0.25) is 0 Å². The molecule has 1 atom stereocenters. The van der Waals surface area contributed by atoms with Gasteiger partial charge < -0.3 is 5.32 Å². The van der Waals surface area contributed by atoms with Crippen molar-refractivity contribution in [2.24, 2.45) is 10.4 Å². The van der Waals surface area contributed by atoms with Crippen molar-refractivity contribution in [1.29, 1.82) is 0 Å². The van der Waals surface area contributed by atoms with E-state index in [9.17, 15) is 0 Å². The number of rotatable bonds is 1. The van der Waals surface area contributed by atoms with Crippen LogP contribution in [0.25, 0.3) is 0 Å². The van der Waals surface area contributed by atoms with Gasteiger partial charge in [0.1, 0.15) is 0 Å². The SMILES string of the molecule is CC(C)(C)/C=N/C1CCNC1. The van der Waals surface area contributed by atoms with Crippen molar-refractivity contribution in [2.75, 3.05) is 13.1 Å². The van der Waals surface area contributed by atoms with Gasteiger partial charge in [-0.3, -0.25) is 4.99 Å². The maximum atomic E-state index is 4.51. The van der Waals surface area contributed by atoms with Crippen LogP contribution in [0.15, 0.2) is 4.99 Å². The molecule has 1 aliphatic rings. The quantitative estimate of drug-likeness (QED) is 0.568. The molecular weight excluding hydrogens is 136 g/mol. The fourth-order valence-corrected chi connectivity index (χ4v) is 1.10. The Labute approximate surface area is 69.1 Å². The molecule has 2 heteroatoms. The second-order valence-corrected chi connectivity index (χ2v) is 4.29. The summed E-state index contributed by atoms with van der Waals surface area (Å²) in [6.07, 6.45) is 3.28. The first-order valence-corrected chi connectivity index (χ1v) is 4.33. The van der Waals surface area contributed by atoms with Gasteiger partial charge in [0.15, 0.2) is 0 Å². The van der Waals surface area contributed by atoms with Crippen molar-refractivity contribution in [1.82, 2.24) is 5.32 Å². The van der Waals surface area contributed by atoms with Crippen LogP contribution >= 0.6 is 0 Å². The Kier molecular flexibility index (Phi) is 2.66. The number of nitrogens with one attached hydrogen (secondary N) is 1. The van der Waals surface area contributed by atoms with Gasteiger partial charge in [-0.2, -0.15) is 0 Å². The van der Waals surface area contributed by atoms with Crippen LogP contribution in [0, 0.1) is 5.41 Å². The van der Waals surface area contributed by atoms with Crippen molar-refractivity contribution in [2.45, 2.75) is 33.2 Å². The molecule has 0 aliphatic carbocycles. The summed E-state index contributed by atoms with van der Waals surface area (Å²) in [6, 6.07) is 0.536. The normalized spacial score (nSPS) is 26.6. The first-order valence-electron chi connectivity index (χ1n) is 4.33. The monoisotopic (exact) mass is 154 g/mol. The molecule has 1 unspecified atom stereocenters. The van der Waals surface area contributed by atoms with E-state index in [2.05, 4.69) is 37.3 Å². The van der Waals surface area contributed by atoms with Gasteiger partial charge in [0, 0.05) is 12.8 Å². The van der Waals surface area contributed by atoms with Crippen molar-refractivity contribution in [3.63, 3.8) is 0 Å². The van der Waals surface area contributed by atoms with E-state index in [-0.39, 0.29) is 5.41 Å². The molecule has 0 aromatic carbocycles. The minimum Gasteiger partial charge on any atom is -0.315 e. The average Bonchev–Trinajstić information content (AvgIpc) is 2.32. The van der Waals surface area contributed by atoms with E-state index in [4.69, 9.17) is 0 Å². The maximum Gasteiger partial charge on any atom is 0.0632 e. The second kappa shape index (κ2) is 3.35. The van der Waals surface area contributed by atoms with Crippen molar-refractivity contribution >= 4 is 6.21 Å². The fraction of sp³-hybridized carbons (Fsp3) is 0.889. The van der Waals surface area contributed by atoms with Crippen LogP contribution in [0.5, 0.6) is 0 Å². The molecule has 1 rings (SSSR count). The van der Waals surface area contributed by atoms with Crippen LogP contribution in [0.3, 0.4) is 0 Å². The summed E-state index contributed by atoms with van der Waals surface area (Å²) in [5.41, 5.74) is 0.239. The molecule has 11 heavy (non-hydrogen) atoms. The van der Waals surface area contributed by atoms with Crippen LogP contribution in [0.2, 0.25) is 0 Å². The molecule has 64 valence electrons. The zero-order valence-corrected chi connectivity index (χ0v) is 7.72. The van der Waals surface area contributed by atoms with E-state index in [1.165, 1.54) is 6.42 Å². The summed E-state index contributed by atoms with van der Waals surface area (Å²) >= 11 is 0. The molecule has 0 spiro atoms. The summed E-state index contributed by atoms with van der Waals surface area (Å²) in [7, 11) is 0. The van der Waals surface area contributed by atoms with Crippen LogP contribution in [-0.2, 0) is 0 Å². The van der Waals surface area contributed by atoms with Crippen molar-refractivity contribution in [3.05, 3.63) is 0 Å². The Bertz CT molecular complexity index is 138. The Morgan fingerprint density at radius 3 is 2.64 bits per heavy atom. The molecule has 0 amide bonds. The highest BCUT2D eigenvalue weighted by Crippen LogP contribution is 2.10. The van der Waals surface area contributed by atoms with Crippen LogP contribution in [0.1, 0.15) is 27.2 Å². The van der Waals surface area contributed by atoms with E-state index in [0.29, 0.717) is 6.04 Å². The lowest BCUT2D eigenvalue weighted by Crippen LogP contribution is -2.14. The Balaban J connectivity index is 2.34. The van der Waals surface area contributed by atoms with E-state index in [1.807, 2.05) is 0 Å². The molecule has 0 aromatic heterocycles. The van der Waals surface area contributed by atoms with E-state index < -0.39 is 0 Å². The van der Waals surface area contributed by atoms with Gasteiger partial charge in [-0.1, -0.05) is 20.8 Å². The van der Waals surface area contributed by atoms with Gasteiger partial charge >= 0.3 is 0 Å². The summed E-state index contributed by atoms with van der Waals surface area (Å²) in [5.74, 6) is 0. The lowest BCUT2D eigenvalue weighted by atomic mass is 9.99. The third kappa shape index (κ3) is 3.51. The number of nitrogens with zero attached hydrogens (tertiary/aromatic N) is 1. The minimum atomic E-state index is 0.239. The number of hydrogen-bond donors (Lipinski definition) is 1. The molecule has 1 N–H and O–H groups in total. The number of hydrogen-bond acceptors (Lipinski definition) is 2. The molecule has 0 radical (unpaired) electrons.